The summed E-state index contributed by atoms with van der Waals surface area (Å²) in [5.74, 6) is 0.991. The third-order valence-electron chi connectivity index (χ3n) is 2.59. The van der Waals surface area contributed by atoms with Gasteiger partial charge in [0.25, 0.3) is 0 Å². The summed E-state index contributed by atoms with van der Waals surface area (Å²) >= 11 is 15.6. The van der Waals surface area contributed by atoms with Crippen LogP contribution >= 0.6 is 39.1 Å². The van der Waals surface area contributed by atoms with Gasteiger partial charge in [0.15, 0.2) is 0 Å². The lowest BCUT2D eigenvalue weighted by atomic mass is 10.3. The van der Waals surface area contributed by atoms with Crippen LogP contribution in [-0.4, -0.2) is 16.1 Å². The molecule has 0 radical (unpaired) electrons. The fourth-order valence-corrected chi connectivity index (χ4v) is 2.99. The number of halogens is 3. The second-order valence-electron chi connectivity index (χ2n) is 3.84. The smallest absolute Gasteiger partial charge is 0.105 e. The SMILES string of the molecule is Cc1nccn1CCNc1c(Cl)cc(Br)cc1Cl. The van der Waals surface area contributed by atoms with Crippen LogP contribution in [0.3, 0.4) is 0 Å². The van der Waals surface area contributed by atoms with Crippen LogP contribution in [-0.2, 0) is 6.54 Å². The standard InChI is InChI=1S/C12H12BrCl2N3/c1-8-16-2-4-18(8)5-3-17-12-10(14)6-9(13)7-11(12)15/h2,4,6-7,17H,3,5H2,1H3. The van der Waals surface area contributed by atoms with Gasteiger partial charge in [-0.15, -0.1) is 0 Å². The van der Waals surface area contributed by atoms with E-state index in [1.54, 1.807) is 6.20 Å². The highest BCUT2D eigenvalue weighted by atomic mass is 79.9. The van der Waals surface area contributed by atoms with Crippen LogP contribution in [0.1, 0.15) is 5.82 Å². The predicted octanol–water partition coefficient (Wildman–Crippen LogP) is 4.37. The molecule has 0 atom stereocenters. The molecule has 96 valence electrons. The van der Waals surface area contributed by atoms with Gasteiger partial charge in [0.1, 0.15) is 5.82 Å². The number of aryl methyl sites for hydroxylation is 1. The van der Waals surface area contributed by atoms with E-state index >= 15 is 0 Å². The molecule has 3 nitrogen and oxygen atoms in total. The van der Waals surface area contributed by atoms with E-state index in [0.29, 0.717) is 10.0 Å². The van der Waals surface area contributed by atoms with Gasteiger partial charge in [-0.05, 0) is 19.1 Å². The van der Waals surface area contributed by atoms with Crippen LogP contribution in [0.25, 0.3) is 0 Å². The van der Waals surface area contributed by atoms with E-state index in [1.165, 1.54) is 0 Å². The van der Waals surface area contributed by atoms with E-state index in [2.05, 4.69) is 30.8 Å². The van der Waals surface area contributed by atoms with Crippen LogP contribution in [0.15, 0.2) is 29.0 Å². The summed E-state index contributed by atoms with van der Waals surface area (Å²) in [5, 5.41) is 4.46. The number of nitrogens with zero attached hydrogens (tertiary/aromatic N) is 2. The Kier molecular flexibility index (Phi) is 4.54. The first-order chi connectivity index (χ1) is 8.58. The van der Waals surface area contributed by atoms with Crippen molar-refractivity contribution in [1.29, 1.82) is 0 Å². The molecule has 0 spiro atoms. The zero-order chi connectivity index (χ0) is 13.1. The van der Waals surface area contributed by atoms with Gasteiger partial charge >= 0.3 is 0 Å². The Bertz CT molecular complexity index is 531. The quantitative estimate of drug-likeness (QED) is 0.888. The summed E-state index contributed by atoms with van der Waals surface area (Å²) in [7, 11) is 0. The number of hydrogen-bond acceptors (Lipinski definition) is 2. The van der Waals surface area contributed by atoms with E-state index in [1.807, 2.05) is 25.3 Å². The fourth-order valence-electron chi connectivity index (χ4n) is 1.65. The maximum atomic E-state index is 6.13. The first-order valence-corrected chi connectivity index (χ1v) is 6.99. The molecule has 1 heterocycles. The van der Waals surface area contributed by atoms with Crippen LogP contribution in [0.2, 0.25) is 10.0 Å². The van der Waals surface area contributed by atoms with Gasteiger partial charge < -0.3 is 9.88 Å². The van der Waals surface area contributed by atoms with Crippen molar-refractivity contribution in [2.45, 2.75) is 13.5 Å². The largest absolute Gasteiger partial charge is 0.381 e. The van der Waals surface area contributed by atoms with Crippen molar-refractivity contribution in [3.63, 3.8) is 0 Å². The summed E-state index contributed by atoms with van der Waals surface area (Å²) in [6.45, 7) is 3.52. The molecule has 2 aromatic rings. The highest BCUT2D eigenvalue weighted by Crippen LogP contribution is 2.33. The highest BCUT2D eigenvalue weighted by Gasteiger charge is 2.07. The van der Waals surface area contributed by atoms with E-state index in [0.717, 1.165) is 29.1 Å². The Labute approximate surface area is 124 Å². The third kappa shape index (κ3) is 3.19. The molecule has 1 aromatic heterocycles. The molecule has 1 aromatic carbocycles. The van der Waals surface area contributed by atoms with Crippen molar-refractivity contribution >= 4 is 44.8 Å². The zero-order valence-corrected chi connectivity index (χ0v) is 12.8. The molecule has 0 bridgehead atoms. The van der Waals surface area contributed by atoms with Crippen LogP contribution in [0.4, 0.5) is 5.69 Å². The van der Waals surface area contributed by atoms with Crippen LogP contribution < -0.4 is 5.32 Å². The maximum absolute atomic E-state index is 6.13. The number of benzene rings is 1. The van der Waals surface area contributed by atoms with E-state index in [4.69, 9.17) is 23.2 Å². The molecule has 0 saturated carbocycles. The van der Waals surface area contributed by atoms with Gasteiger partial charge in [-0.3, -0.25) is 0 Å². The van der Waals surface area contributed by atoms with E-state index < -0.39 is 0 Å². The Morgan fingerprint density at radius 1 is 1.33 bits per heavy atom. The summed E-state index contributed by atoms with van der Waals surface area (Å²) in [4.78, 5) is 4.17. The monoisotopic (exact) mass is 347 g/mol. The summed E-state index contributed by atoms with van der Waals surface area (Å²) < 4.78 is 2.93. The molecule has 6 heteroatoms. The van der Waals surface area contributed by atoms with Crippen molar-refractivity contribution in [3.8, 4) is 0 Å². The molecule has 2 rings (SSSR count). The van der Waals surface area contributed by atoms with Crippen LogP contribution in [0.5, 0.6) is 0 Å². The van der Waals surface area contributed by atoms with Gasteiger partial charge in [0.2, 0.25) is 0 Å². The zero-order valence-electron chi connectivity index (χ0n) is 9.75. The molecule has 0 unspecified atom stereocenters. The predicted molar refractivity (Wildman–Crippen MR) is 79.6 cm³/mol. The van der Waals surface area contributed by atoms with E-state index in [9.17, 15) is 0 Å². The molecule has 0 aliphatic carbocycles. The van der Waals surface area contributed by atoms with Crippen molar-refractivity contribution < 1.29 is 0 Å². The number of hydrogen-bond donors (Lipinski definition) is 1. The van der Waals surface area contributed by atoms with Gasteiger partial charge in [-0.25, -0.2) is 4.98 Å². The Morgan fingerprint density at radius 3 is 2.56 bits per heavy atom. The van der Waals surface area contributed by atoms with Gasteiger partial charge in [-0.1, -0.05) is 39.1 Å². The number of aromatic nitrogens is 2. The lowest BCUT2D eigenvalue weighted by molar-refractivity contribution is 0.701. The maximum Gasteiger partial charge on any atom is 0.105 e. The first-order valence-electron chi connectivity index (χ1n) is 5.44. The summed E-state index contributed by atoms with van der Waals surface area (Å²) in [5.41, 5.74) is 0.763. The van der Waals surface area contributed by atoms with Crippen molar-refractivity contribution in [3.05, 3.63) is 44.9 Å². The van der Waals surface area contributed by atoms with Gasteiger partial charge in [0.05, 0.1) is 15.7 Å². The number of rotatable bonds is 4. The molecule has 0 amide bonds. The lowest BCUT2D eigenvalue weighted by Crippen LogP contribution is -2.11. The highest BCUT2D eigenvalue weighted by molar-refractivity contribution is 9.10. The summed E-state index contributed by atoms with van der Waals surface area (Å²) in [6, 6.07) is 3.64. The molecular formula is C12H12BrCl2N3. The minimum absolute atomic E-state index is 0.608. The Balaban J connectivity index is 2.01. The minimum Gasteiger partial charge on any atom is -0.381 e. The second-order valence-corrected chi connectivity index (χ2v) is 5.57. The Morgan fingerprint density at radius 2 is 2.00 bits per heavy atom. The van der Waals surface area contributed by atoms with Crippen LogP contribution in [0, 0.1) is 6.92 Å². The minimum atomic E-state index is 0.608. The molecule has 1 N–H and O–H groups in total. The average Bonchev–Trinajstić information content (AvgIpc) is 2.68. The third-order valence-corrected chi connectivity index (χ3v) is 3.64. The van der Waals surface area contributed by atoms with Crippen molar-refractivity contribution in [2.24, 2.45) is 0 Å². The normalized spacial score (nSPS) is 10.7. The summed E-state index contributed by atoms with van der Waals surface area (Å²) in [6.07, 6.45) is 3.73. The number of nitrogens with one attached hydrogen (secondary N) is 1. The number of anilines is 1. The van der Waals surface area contributed by atoms with E-state index in [-0.39, 0.29) is 0 Å². The molecule has 0 saturated heterocycles. The second kappa shape index (κ2) is 5.95. The Hall–Kier alpha value is -0.710. The lowest BCUT2D eigenvalue weighted by Gasteiger charge is -2.12. The van der Waals surface area contributed by atoms with Crippen molar-refractivity contribution in [2.75, 3.05) is 11.9 Å². The molecule has 0 fully saturated rings. The molecule has 0 aliphatic rings. The molecule has 0 aliphatic heterocycles. The average molecular weight is 349 g/mol. The fraction of sp³-hybridized carbons (Fsp3) is 0.250. The first kappa shape index (κ1) is 13.7. The topological polar surface area (TPSA) is 29.9 Å². The number of imidazole rings is 1. The van der Waals surface area contributed by atoms with Crippen molar-refractivity contribution in [1.82, 2.24) is 9.55 Å². The van der Waals surface area contributed by atoms with Gasteiger partial charge in [0, 0.05) is 30.0 Å². The molecular weight excluding hydrogens is 337 g/mol. The molecule has 18 heavy (non-hydrogen) atoms. The van der Waals surface area contributed by atoms with Gasteiger partial charge in [-0.2, -0.15) is 0 Å².